The lowest BCUT2D eigenvalue weighted by atomic mass is 9.85. The third-order valence-electron chi connectivity index (χ3n) is 5.64. The van der Waals surface area contributed by atoms with Gasteiger partial charge in [-0.2, -0.15) is 0 Å². The SMILES string of the molecule is CCNC(=NCCCNC(=O)C1CCC1)NCCN1CCCCC1CC.I. The molecule has 1 unspecified atom stereocenters. The minimum atomic E-state index is 0. The molecule has 27 heavy (non-hydrogen) atoms. The number of halogens is 1. The molecule has 1 amide bonds. The highest BCUT2D eigenvalue weighted by Crippen LogP contribution is 2.26. The molecular formula is C20H40IN5O. The minimum absolute atomic E-state index is 0. The van der Waals surface area contributed by atoms with E-state index in [0.717, 1.165) is 64.0 Å². The molecule has 2 aliphatic rings. The number of aliphatic imine (C=N–C) groups is 1. The van der Waals surface area contributed by atoms with E-state index in [4.69, 9.17) is 0 Å². The van der Waals surface area contributed by atoms with Crippen LogP contribution in [0, 0.1) is 5.92 Å². The number of guanidine groups is 1. The summed E-state index contributed by atoms with van der Waals surface area (Å²) in [5.41, 5.74) is 0. The Labute approximate surface area is 182 Å². The predicted octanol–water partition coefficient (Wildman–Crippen LogP) is 2.73. The topological polar surface area (TPSA) is 68.8 Å². The molecule has 1 saturated carbocycles. The van der Waals surface area contributed by atoms with Gasteiger partial charge in [0.1, 0.15) is 0 Å². The van der Waals surface area contributed by atoms with E-state index in [-0.39, 0.29) is 35.8 Å². The molecule has 7 heteroatoms. The van der Waals surface area contributed by atoms with Crippen molar-refractivity contribution < 1.29 is 4.79 Å². The Balaban J connectivity index is 0.00000364. The van der Waals surface area contributed by atoms with Gasteiger partial charge in [-0.1, -0.05) is 19.8 Å². The number of rotatable bonds is 10. The number of carbonyl (C=O) groups excluding carboxylic acids is 1. The van der Waals surface area contributed by atoms with E-state index >= 15 is 0 Å². The third kappa shape index (κ3) is 8.98. The molecule has 1 saturated heterocycles. The van der Waals surface area contributed by atoms with Crippen molar-refractivity contribution >= 4 is 35.8 Å². The lowest BCUT2D eigenvalue weighted by Crippen LogP contribution is -2.46. The van der Waals surface area contributed by atoms with Gasteiger partial charge in [0.15, 0.2) is 5.96 Å². The van der Waals surface area contributed by atoms with Gasteiger partial charge in [-0.3, -0.25) is 14.7 Å². The van der Waals surface area contributed by atoms with Gasteiger partial charge in [-0.25, -0.2) is 0 Å². The molecule has 2 fully saturated rings. The molecule has 3 N–H and O–H groups in total. The molecule has 0 aromatic heterocycles. The van der Waals surface area contributed by atoms with Crippen molar-refractivity contribution in [2.24, 2.45) is 10.9 Å². The molecule has 1 heterocycles. The van der Waals surface area contributed by atoms with Crippen LogP contribution in [-0.4, -0.2) is 62.1 Å². The van der Waals surface area contributed by atoms with Gasteiger partial charge in [0.05, 0.1) is 0 Å². The second-order valence-corrected chi connectivity index (χ2v) is 7.55. The normalized spacial score (nSPS) is 21.1. The van der Waals surface area contributed by atoms with Crippen LogP contribution in [-0.2, 0) is 4.79 Å². The molecule has 0 spiro atoms. The zero-order valence-electron chi connectivity index (χ0n) is 17.3. The highest BCUT2D eigenvalue weighted by Gasteiger charge is 2.24. The monoisotopic (exact) mass is 493 g/mol. The minimum Gasteiger partial charge on any atom is -0.357 e. The number of amides is 1. The summed E-state index contributed by atoms with van der Waals surface area (Å²) in [5, 5.41) is 9.81. The fourth-order valence-corrected chi connectivity index (χ4v) is 3.77. The Morgan fingerprint density at radius 3 is 2.52 bits per heavy atom. The first kappa shape index (κ1) is 24.5. The van der Waals surface area contributed by atoms with Crippen LogP contribution in [0.15, 0.2) is 4.99 Å². The lowest BCUT2D eigenvalue weighted by Gasteiger charge is -2.35. The number of hydrogen-bond donors (Lipinski definition) is 3. The lowest BCUT2D eigenvalue weighted by molar-refractivity contribution is -0.127. The van der Waals surface area contributed by atoms with Gasteiger partial charge in [-0.15, -0.1) is 24.0 Å². The van der Waals surface area contributed by atoms with Gasteiger partial charge in [0, 0.05) is 44.7 Å². The fourth-order valence-electron chi connectivity index (χ4n) is 3.77. The summed E-state index contributed by atoms with van der Waals surface area (Å²) in [7, 11) is 0. The van der Waals surface area contributed by atoms with Crippen molar-refractivity contribution in [2.45, 2.75) is 71.3 Å². The van der Waals surface area contributed by atoms with E-state index in [9.17, 15) is 4.79 Å². The Hall–Kier alpha value is -0.570. The van der Waals surface area contributed by atoms with E-state index in [1.54, 1.807) is 0 Å². The smallest absolute Gasteiger partial charge is 0.223 e. The van der Waals surface area contributed by atoms with Gasteiger partial charge in [-0.05, 0) is 52.0 Å². The first-order valence-electron chi connectivity index (χ1n) is 10.8. The van der Waals surface area contributed by atoms with Crippen LogP contribution in [0.1, 0.15) is 65.2 Å². The zero-order chi connectivity index (χ0) is 18.6. The second kappa shape index (κ2) is 14.4. The molecule has 6 nitrogen and oxygen atoms in total. The largest absolute Gasteiger partial charge is 0.357 e. The molecular weight excluding hydrogens is 453 g/mol. The molecule has 0 aromatic carbocycles. The Kier molecular flexibility index (Phi) is 13.1. The molecule has 1 aliphatic carbocycles. The zero-order valence-corrected chi connectivity index (χ0v) is 19.6. The van der Waals surface area contributed by atoms with E-state index in [2.05, 4.69) is 39.7 Å². The summed E-state index contributed by atoms with van der Waals surface area (Å²) in [6.07, 6.45) is 9.53. The van der Waals surface area contributed by atoms with Crippen LogP contribution in [0.3, 0.4) is 0 Å². The molecule has 158 valence electrons. The van der Waals surface area contributed by atoms with Crippen molar-refractivity contribution in [3.8, 4) is 0 Å². The maximum Gasteiger partial charge on any atom is 0.223 e. The van der Waals surface area contributed by atoms with E-state index in [1.807, 2.05) is 0 Å². The molecule has 1 atom stereocenters. The van der Waals surface area contributed by atoms with E-state index in [0.29, 0.717) is 0 Å². The second-order valence-electron chi connectivity index (χ2n) is 7.55. The number of likely N-dealkylation sites (tertiary alicyclic amines) is 1. The van der Waals surface area contributed by atoms with Gasteiger partial charge < -0.3 is 16.0 Å². The van der Waals surface area contributed by atoms with E-state index < -0.39 is 0 Å². The Morgan fingerprint density at radius 2 is 1.85 bits per heavy atom. The van der Waals surface area contributed by atoms with Crippen molar-refractivity contribution in [3.63, 3.8) is 0 Å². The number of hydrogen-bond acceptors (Lipinski definition) is 3. The molecule has 1 aliphatic heterocycles. The standard InChI is InChI=1S/C20H39N5O.HI/c1-3-18-11-5-6-15-25(18)16-14-24-20(21-4-2)23-13-8-12-22-19(26)17-9-7-10-17;/h17-18H,3-16H2,1-2H3,(H,22,26)(H2,21,23,24);1H. The summed E-state index contributed by atoms with van der Waals surface area (Å²) in [6, 6.07) is 0.754. The Morgan fingerprint density at radius 1 is 1.04 bits per heavy atom. The highest BCUT2D eigenvalue weighted by molar-refractivity contribution is 14.0. The van der Waals surface area contributed by atoms with Gasteiger partial charge in [0.25, 0.3) is 0 Å². The van der Waals surface area contributed by atoms with Crippen LogP contribution >= 0.6 is 24.0 Å². The summed E-state index contributed by atoms with van der Waals surface area (Å²) in [6.45, 7) is 9.96. The van der Waals surface area contributed by atoms with Crippen LogP contribution < -0.4 is 16.0 Å². The molecule has 0 bridgehead atoms. The van der Waals surface area contributed by atoms with Crippen LogP contribution in [0.25, 0.3) is 0 Å². The number of nitrogens with one attached hydrogen (secondary N) is 3. The number of carbonyl (C=O) groups is 1. The first-order valence-corrected chi connectivity index (χ1v) is 10.8. The van der Waals surface area contributed by atoms with Crippen molar-refractivity contribution in [2.75, 3.05) is 39.3 Å². The van der Waals surface area contributed by atoms with Crippen LogP contribution in [0.4, 0.5) is 0 Å². The van der Waals surface area contributed by atoms with Gasteiger partial charge in [0.2, 0.25) is 5.91 Å². The van der Waals surface area contributed by atoms with Crippen LogP contribution in [0.5, 0.6) is 0 Å². The molecule has 0 aromatic rings. The predicted molar refractivity (Wildman–Crippen MR) is 124 cm³/mol. The first-order chi connectivity index (χ1) is 12.7. The summed E-state index contributed by atoms with van der Waals surface area (Å²) in [4.78, 5) is 19.0. The quantitative estimate of drug-likeness (QED) is 0.190. The summed E-state index contributed by atoms with van der Waals surface area (Å²) >= 11 is 0. The van der Waals surface area contributed by atoms with Crippen molar-refractivity contribution in [3.05, 3.63) is 0 Å². The average molecular weight is 493 g/mol. The highest BCUT2D eigenvalue weighted by atomic mass is 127. The summed E-state index contributed by atoms with van der Waals surface area (Å²) in [5.74, 6) is 1.40. The summed E-state index contributed by atoms with van der Waals surface area (Å²) < 4.78 is 0. The fraction of sp³-hybridized carbons (Fsp3) is 0.900. The van der Waals surface area contributed by atoms with E-state index in [1.165, 1.54) is 38.6 Å². The maximum atomic E-state index is 11.8. The Bertz CT molecular complexity index is 442. The third-order valence-corrected chi connectivity index (χ3v) is 5.64. The molecule has 0 radical (unpaired) electrons. The van der Waals surface area contributed by atoms with Gasteiger partial charge >= 0.3 is 0 Å². The number of piperidine rings is 1. The van der Waals surface area contributed by atoms with Crippen LogP contribution in [0.2, 0.25) is 0 Å². The maximum absolute atomic E-state index is 11.8. The number of nitrogens with zero attached hydrogens (tertiary/aromatic N) is 2. The average Bonchev–Trinajstić information content (AvgIpc) is 2.60. The van der Waals surface area contributed by atoms with Crippen molar-refractivity contribution in [1.82, 2.24) is 20.9 Å². The molecule has 2 rings (SSSR count). The van der Waals surface area contributed by atoms with Crippen molar-refractivity contribution in [1.29, 1.82) is 0 Å².